The Morgan fingerprint density at radius 2 is 1.91 bits per heavy atom. The Labute approximate surface area is 186 Å². The number of hydrogen-bond acceptors (Lipinski definition) is 6. The Morgan fingerprint density at radius 3 is 2.59 bits per heavy atom. The number of benzene rings is 1. The van der Waals surface area contributed by atoms with E-state index in [4.69, 9.17) is 4.52 Å². The van der Waals surface area contributed by atoms with Crippen molar-refractivity contribution < 1.29 is 9.32 Å². The van der Waals surface area contributed by atoms with Gasteiger partial charge in [0, 0.05) is 17.2 Å². The second-order valence-electron chi connectivity index (χ2n) is 8.74. The van der Waals surface area contributed by atoms with E-state index in [1.807, 2.05) is 71.0 Å². The molecule has 0 aliphatic carbocycles. The van der Waals surface area contributed by atoms with Crippen LogP contribution in [0.15, 0.2) is 59.4 Å². The lowest BCUT2D eigenvalue weighted by Gasteiger charge is -2.14. The molecule has 3 heterocycles. The fourth-order valence-electron chi connectivity index (χ4n) is 3.28. The summed E-state index contributed by atoms with van der Waals surface area (Å²) in [7, 11) is 0. The number of nitrogens with one attached hydrogen (secondary N) is 1. The molecule has 0 spiro atoms. The molecule has 4 rings (SSSR count). The third-order valence-electron chi connectivity index (χ3n) is 5.21. The molecule has 32 heavy (non-hydrogen) atoms. The molecule has 8 nitrogen and oxygen atoms in total. The van der Waals surface area contributed by atoms with Crippen molar-refractivity contribution in [2.45, 2.75) is 46.1 Å². The molecule has 3 aromatic heterocycles. The van der Waals surface area contributed by atoms with Crippen LogP contribution < -0.4 is 5.32 Å². The highest BCUT2D eigenvalue weighted by molar-refractivity contribution is 5.95. The van der Waals surface area contributed by atoms with Gasteiger partial charge in [-0.1, -0.05) is 56.3 Å². The van der Waals surface area contributed by atoms with Crippen LogP contribution in [0.25, 0.3) is 17.3 Å². The van der Waals surface area contributed by atoms with Crippen LogP contribution in [0.1, 0.15) is 61.2 Å². The van der Waals surface area contributed by atoms with Crippen molar-refractivity contribution in [1.82, 2.24) is 30.2 Å². The quantitative estimate of drug-likeness (QED) is 0.503. The molecule has 0 aliphatic rings. The van der Waals surface area contributed by atoms with Crippen LogP contribution in [0.3, 0.4) is 0 Å². The van der Waals surface area contributed by atoms with E-state index in [9.17, 15) is 4.79 Å². The highest BCUT2D eigenvalue weighted by Gasteiger charge is 2.22. The van der Waals surface area contributed by atoms with Crippen LogP contribution in [-0.2, 0) is 5.41 Å². The summed E-state index contributed by atoms with van der Waals surface area (Å²) >= 11 is 0. The molecule has 0 aliphatic heterocycles. The molecule has 0 unspecified atom stereocenters. The summed E-state index contributed by atoms with van der Waals surface area (Å²) in [4.78, 5) is 21.8. The molecule has 0 saturated carbocycles. The fraction of sp³-hybridized carbons (Fsp3) is 0.292. The number of amides is 1. The van der Waals surface area contributed by atoms with Gasteiger partial charge in [0.1, 0.15) is 0 Å². The minimum Gasteiger partial charge on any atom is -0.345 e. The van der Waals surface area contributed by atoms with Gasteiger partial charge in [-0.2, -0.15) is 10.1 Å². The summed E-state index contributed by atoms with van der Waals surface area (Å²) in [5.74, 6) is 1.42. The van der Waals surface area contributed by atoms with Crippen molar-refractivity contribution in [3.05, 3.63) is 77.5 Å². The van der Waals surface area contributed by atoms with Crippen LogP contribution in [-0.4, -0.2) is 30.8 Å². The summed E-state index contributed by atoms with van der Waals surface area (Å²) in [5.41, 5.74) is 2.74. The lowest BCUT2D eigenvalue weighted by atomic mass is 9.96. The number of hydrogen-bond donors (Lipinski definition) is 1. The number of carbonyl (C=O) groups is 1. The minimum atomic E-state index is -0.213. The van der Waals surface area contributed by atoms with Gasteiger partial charge in [0.25, 0.3) is 11.8 Å². The maximum atomic E-state index is 12.9. The number of rotatable bonds is 5. The van der Waals surface area contributed by atoms with E-state index >= 15 is 0 Å². The Morgan fingerprint density at radius 1 is 1.16 bits per heavy atom. The third kappa shape index (κ3) is 4.30. The molecule has 0 radical (unpaired) electrons. The van der Waals surface area contributed by atoms with Gasteiger partial charge in [0.15, 0.2) is 11.6 Å². The first-order valence-corrected chi connectivity index (χ1v) is 10.5. The van der Waals surface area contributed by atoms with Crippen LogP contribution in [0, 0.1) is 6.92 Å². The third-order valence-corrected chi connectivity index (χ3v) is 5.21. The van der Waals surface area contributed by atoms with Crippen LogP contribution >= 0.6 is 0 Å². The number of aromatic nitrogens is 5. The zero-order chi connectivity index (χ0) is 22.9. The van der Waals surface area contributed by atoms with Gasteiger partial charge in [-0.3, -0.25) is 4.79 Å². The van der Waals surface area contributed by atoms with Gasteiger partial charge in [0.05, 0.1) is 23.5 Å². The number of pyridine rings is 1. The van der Waals surface area contributed by atoms with Gasteiger partial charge in [-0.15, -0.1) is 0 Å². The standard InChI is InChI=1S/C24H26N6O2/c1-15(17-9-7-6-8-10-17)27-21(31)19-14-26-30(16(19)2)20-13-18(11-12-25-20)22-28-23(29-32-22)24(3,4)5/h6-15H,1-5H3,(H,27,31)/t15-/m0/s1. The summed E-state index contributed by atoms with van der Waals surface area (Å²) in [6, 6.07) is 13.3. The van der Waals surface area contributed by atoms with Crippen LogP contribution in [0.4, 0.5) is 0 Å². The lowest BCUT2D eigenvalue weighted by Crippen LogP contribution is -2.27. The van der Waals surface area contributed by atoms with Gasteiger partial charge in [0.2, 0.25) is 0 Å². The summed E-state index contributed by atoms with van der Waals surface area (Å²) in [6.45, 7) is 9.87. The number of nitrogens with zero attached hydrogens (tertiary/aromatic N) is 5. The van der Waals surface area contributed by atoms with E-state index in [-0.39, 0.29) is 17.4 Å². The number of carbonyl (C=O) groups excluding carboxylic acids is 1. The zero-order valence-electron chi connectivity index (χ0n) is 18.8. The fourth-order valence-corrected chi connectivity index (χ4v) is 3.28. The molecule has 0 fully saturated rings. The average Bonchev–Trinajstić information content (AvgIpc) is 3.42. The minimum absolute atomic E-state index is 0.123. The largest absolute Gasteiger partial charge is 0.345 e. The molecule has 4 aromatic rings. The van der Waals surface area contributed by atoms with E-state index in [1.165, 1.54) is 0 Å². The zero-order valence-corrected chi connectivity index (χ0v) is 18.8. The molecule has 1 amide bonds. The van der Waals surface area contributed by atoms with Crippen LogP contribution in [0.5, 0.6) is 0 Å². The normalized spacial score (nSPS) is 12.5. The van der Waals surface area contributed by atoms with Crippen molar-refractivity contribution in [1.29, 1.82) is 0 Å². The van der Waals surface area contributed by atoms with Crippen molar-refractivity contribution in [2.24, 2.45) is 0 Å². The summed E-state index contributed by atoms with van der Waals surface area (Å²) in [5, 5.41) is 11.5. The smallest absolute Gasteiger partial charge is 0.258 e. The second-order valence-corrected chi connectivity index (χ2v) is 8.74. The summed E-state index contributed by atoms with van der Waals surface area (Å²) in [6.07, 6.45) is 3.21. The summed E-state index contributed by atoms with van der Waals surface area (Å²) < 4.78 is 7.08. The molecular weight excluding hydrogens is 404 g/mol. The molecule has 0 saturated heterocycles. The van der Waals surface area contributed by atoms with Crippen molar-refractivity contribution in [3.8, 4) is 17.3 Å². The van der Waals surface area contributed by atoms with E-state index in [0.29, 0.717) is 28.8 Å². The van der Waals surface area contributed by atoms with E-state index < -0.39 is 0 Å². The second kappa shape index (κ2) is 8.37. The molecule has 8 heteroatoms. The Balaban J connectivity index is 1.57. The van der Waals surface area contributed by atoms with E-state index in [1.54, 1.807) is 23.1 Å². The Hall–Kier alpha value is -3.81. The SMILES string of the molecule is Cc1c(C(=O)N[C@@H](C)c2ccccc2)cnn1-c1cc(-c2nc(C(C)(C)C)no2)ccn1. The molecule has 1 atom stereocenters. The highest BCUT2D eigenvalue weighted by atomic mass is 16.5. The Bertz CT molecular complexity index is 1240. The first-order valence-electron chi connectivity index (χ1n) is 10.5. The molecular formula is C24H26N6O2. The molecule has 0 bridgehead atoms. The van der Waals surface area contributed by atoms with E-state index in [0.717, 1.165) is 11.1 Å². The monoisotopic (exact) mass is 430 g/mol. The van der Waals surface area contributed by atoms with Gasteiger partial charge in [-0.05, 0) is 31.5 Å². The predicted octanol–water partition coefficient (Wildman–Crippen LogP) is 4.41. The first kappa shape index (κ1) is 21.4. The first-order chi connectivity index (χ1) is 15.2. The molecule has 1 N–H and O–H groups in total. The maximum absolute atomic E-state index is 12.9. The molecule has 164 valence electrons. The van der Waals surface area contributed by atoms with Gasteiger partial charge in [-0.25, -0.2) is 9.67 Å². The maximum Gasteiger partial charge on any atom is 0.258 e. The lowest BCUT2D eigenvalue weighted by molar-refractivity contribution is 0.0939. The Kier molecular flexibility index (Phi) is 5.61. The highest BCUT2D eigenvalue weighted by Crippen LogP contribution is 2.25. The van der Waals surface area contributed by atoms with Crippen molar-refractivity contribution >= 4 is 5.91 Å². The topological polar surface area (TPSA) is 98.7 Å². The van der Waals surface area contributed by atoms with Crippen LogP contribution in [0.2, 0.25) is 0 Å². The van der Waals surface area contributed by atoms with E-state index in [2.05, 4.69) is 25.5 Å². The van der Waals surface area contributed by atoms with Gasteiger partial charge >= 0.3 is 0 Å². The van der Waals surface area contributed by atoms with Crippen molar-refractivity contribution in [2.75, 3.05) is 0 Å². The van der Waals surface area contributed by atoms with Crippen molar-refractivity contribution in [3.63, 3.8) is 0 Å². The predicted molar refractivity (Wildman–Crippen MR) is 120 cm³/mol. The van der Waals surface area contributed by atoms with Gasteiger partial charge < -0.3 is 9.84 Å². The average molecular weight is 431 g/mol. The molecule has 1 aromatic carbocycles.